The summed E-state index contributed by atoms with van der Waals surface area (Å²) in [5.74, 6) is -1.05. The lowest BCUT2D eigenvalue weighted by Crippen LogP contribution is -2.49. The molecule has 1 aromatic rings. The van der Waals surface area contributed by atoms with Crippen molar-refractivity contribution in [3.05, 3.63) is 23.3 Å². The number of carbonyl (C=O) groups is 3. The van der Waals surface area contributed by atoms with Gasteiger partial charge in [-0.15, -0.1) is 0 Å². The molecule has 0 fully saturated rings. The van der Waals surface area contributed by atoms with Crippen LogP contribution in [0.15, 0.2) is 12.1 Å². The fraction of sp³-hybridized carbons (Fsp3) is 0.654. The van der Waals surface area contributed by atoms with E-state index >= 15 is 0 Å². The van der Waals surface area contributed by atoms with Gasteiger partial charge in [0.25, 0.3) is 0 Å². The first-order valence-corrected chi connectivity index (χ1v) is 12.3. The van der Waals surface area contributed by atoms with E-state index in [9.17, 15) is 14.4 Å². The molecule has 0 radical (unpaired) electrons. The summed E-state index contributed by atoms with van der Waals surface area (Å²) in [5.41, 5.74) is 3.02. The number of hydrogen-bond acceptors (Lipinski definition) is 6. The number of unbranched alkanes of at least 4 members (excludes halogenated alkanes) is 1. The number of fused-ring (bicyclic) bond motifs is 2. The topological polar surface area (TPSA) is 84.9 Å². The highest BCUT2D eigenvalue weighted by Gasteiger charge is 2.40. The Balaban J connectivity index is 1.79. The molecule has 7 nitrogen and oxygen atoms in total. The van der Waals surface area contributed by atoms with Crippen LogP contribution in [0, 0.1) is 5.92 Å². The maximum Gasteiger partial charge on any atom is 0.326 e. The van der Waals surface area contributed by atoms with E-state index in [4.69, 9.17) is 9.47 Å². The van der Waals surface area contributed by atoms with E-state index in [2.05, 4.69) is 44.0 Å². The first-order chi connectivity index (χ1) is 15.7. The Bertz CT molecular complexity index is 895. The molecule has 2 heterocycles. The van der Waals surface area contributed by atoms with E-state index < -0.39 is 17.9 Å². The van der Waals surface area contributed by atoms with Crippen LogP contribution < -0.4 is 15.0 Å². The minimum absolute atomic E-state index is 0.0918. The maximum absolute atomic E-state index is 12.5. The Kier molecular flexibility index (Phi) is 8.03. The maximum atomic E-state index is 12.5. The lowest BCUT2D eigenvalue weighted by molar-refractivity contribution is -0.157. The zero-order valence-corrected chi connectivity index (χ0v) is 20.7. The average Bonchev–Trinajstić information content (AvgIpc) is 2.74. The number of nitrogens with one attached hydrogen (secondary N) is 1. The van der Waals surface area contributed by atoms with Gasteiger partial charge >= 0.3 is 11.9 Å². The van der Waals surface area contributed by atoms with Gasteiger partial charge in [0.15, 0.2) is 5.92 Å². The smallest absolute Gasteiger partial charge is 0.326 e. The second kappa shape index (κ2) is 10.6. The Labute approximate surface area is 197 Å². The van der Waals surface area contributed by atoms with Crippen molar-refractivity contribution in [1.82, 2.24) is 5.32 Å². The van der Waals surface area contributed by atoms with Gasteiger partial charge in [0.1, 0.15) is 5.75 Å². The van der Waals surface area contributed by atoms with Gasteiger partial charge in [0.05, 0.1) is 6.61 Å². The van der Waals surface area contributed by atoms with Crippen molar-refractivity contribution in [3.8, 4) is 5.75 Å². The Morgan fingerprint density at radius 1 is 1.24 bits per heavy atom. The van der Waals surface area contributed by atoms with Crippen molar-refractivity contribution in [1.29, 1.82) is 0 Å². The lowest BCUT2D eigenvalue weighted by atomic mass is 9.78. The number of anilines is 1. The summed E-state index contributed by atoms with van der Waals surface area (Å²) in [7, 11) is 0. The van der Waals surface area contributed by atoms with E-state index in [1.807, 2.05) is 6.07 Å². The van der Waals surface area contributed by atoms with Crippen LogP contribution in [0.2, 0.25) is 0 Å². The SMILES string of the molecule is CCCCNC(=O)CCCN1c2cc3c(cc2C(C)CC1(C)C)CC(C(=O)OCC)C(=O)O3. The fourth-order valence-electron chi connectivity index (χ4n) is 5.03. The third-order valence-electron chi connectivity index (χ3n) is 6.70. The predicted octanol–water partition coefficient (Wildman–Crippen LogP) is 4.12. The molecule has 0 saturated heterocycles. The van der Waals surface area contributed by atoms with Crippen LogP contribution in [0.25, 0.3) is 0 Å². The van der Waals surface area contributed by atoms with E-state index in [1.54, 1.807) is 6.92 Å². The van der Waals surface area contributed by atoms with Crippen molar-refractivity contribution in [2.45, 2.75) is 84.6 Å². The first kappa shape index (κ1) is 25.1. The summed E-state index contributed by atoms with van der Waals surface area (Å²) in [6, 6.07) is 4.04. The highest BCUT2D eigenvalue weighted by atomic mass is 16.6. The molecular weight excluding hydrogens is 420 g/mol. The molecule has 0 aromatic heterocycles. The minimum atomic E-state index is -0.909. The Morgan fingerprint density at radius 2 is 2.00 bits per heavy atom. The molecular formula is C26H38N2O5. The van der Waals surface area contributed by atoms with Crippen molar-refractivity contribution in [2.75, 3.05) is 24.6 Å². The third-order valence-corrected chi connectivity index (χ3v) is 6.70. The number of amides is 1. The highest BCUT2D eigenvalue weighted by molar-refractivity contribution is 5.97. The minimum Gasteiger partial charge on any atom is -0.465 e. The van der Waals surface area contributed by atoms with Crippen molar-refractivity contribution >= 4 is 23.5 Å². The Morgan fingerprint density at radius 3 is 2.70 bits per heavy atom. The molecule has 0 bridgehead atoms. The predicted molar refractivity (Wildman–Crippen MR) is 128 cm³/mol. The molecule has 1 N–H and O–H groups in total. The summed E-state index contributed by atoms with van der Waals surface area (Å²) in [5, 5.41) is 2.98. The molecule has 0 spiro atoms. The molecule has 3 rings (SSSR count). The summed E-state index contributed by atoms with van der Waals surface area (Å²) in [6.45, 7) is 12.2. The number of benzene rings is 1. The van der Waals surface area contributed by atoms with E-state index in [0.29, 0.717) is 24.5 Å². The van der Waals surface area contributed by atoms with Gasteiger partial charge in [0, 0.05) is 43.2 Å². The zero-order chi connectivity index (χ0) is 24.2. The molecule has 2 unspecified atom stereocenters. The quantitative estimate of drug-likeness (QED) is 0.259. The molecule has 2 atom stereocenters. The van der Waals surface area contributed by atoms with Gasteiger partial charge in [0.2, 0.25) is 5.91 Å². The zero-order valence-electron chi connectivity index (χ0n) is 20.7. The summed E-state index contributed by atoms with van der Waals surface area (Å²) in [4.78, 5) is 39.2. The van der Waals surface area contributed by atoms with Crippen molar-refractivity contribution in [3.63, 3.8) is 0 Å². The molecule has 0 aliphatic carbocycles. The van der Waals surface area contributed by atoms with Crippen molar-refractivity contribution < 1.29 is 23.9 Å². The number of esters is 2. The number of nitrogens with zero attached hydrogens (tertiary/aromatic N) is 1. The molecule has 182 valence electrons. The van der Waals surface area contributed by atoms with Crippen LogP contribution in [0.3, 0.4) is 0 Å². The standard InChI is InChI=1S/C26H38N2O5/c1-6-8-11-27-23(29)10-9-12-28-21-15-22-18(13-19(21)17(3)16-26(28,4)5)14-20(25(31)33-22)24(30)32-7-2/h13,15,17,20H,6-12,14,16H2,1-5H3,(H,27,29). The molecule has 1 amide bonds. The first-order valence-electron chi connectivity index (χ1n) is 12.3. The number of rotatable bonds is 9. The van der Waals surface area contributed by atoms with E-state index in [1.165, 1.54) is 5.56 Å². The van der Waals surface area contributed by atoms with Crippen LogP contribution in [-0.4, -0.2) is 43.1 Å². The summed E-state index contributed by atoms with van der Waals surface area (Å²) >= 11 is 0. The molecule has 2 aliphatic heterocycles. The van der Waals surface area contributed by atoms with Gasteiger partial charge in [-0.3, -0.25) is 14.4 Å². The second-order valence-corrected chi connectivity index (χ2v) is 9.82. The average molecular weight is 459 g/mol. The van der Waals surface area contributed by atoms with Gasteiger partial charge in [-0.05, 0) is 63.1 Å². The van der Waals surface area contributed by atoms with Crippen LogP contribution >= 0.6 is 0 Å². The fourth-order valence-corrected chi connectivity index (χ4v) is 5.03. The highest BCUT2D eigenvalue weighted by Crippen LogP contribution is 2.47. The molecule has 33 heavy (non-hydrogen) atoms. The normalized spacial score (nSPS) is 21.0. The van der Waals surface area contributed by atoms with Gasteiger partial charge in [-0.1, -0.05) is 20.3 Å². The van der Waals surface area contributed by atoms with Crippen LogP contribution in [0.4, 0.5) is 5.69 Å². The van der Waals surface area contributed by atoms with E-state index in [-0.39, 0.29) is 18.1 Å². The molecule has 1 aromatic carbocycles. The molecule has 2 aliphatic rings. The van der Waals surface area contributed by atoms with Gasteiger partial charge in [-0.25, -0.2) is 0 Å². The third kappa shape index (κ3) is 5.68. The molecule has 0 saturated carbocycles. The van der Waals surface area contributed by atoms with Crippen molar-refractivity contribution in [2.24, 2.45) is 5.92 Å². The lowest BCUT2D eigenvalue weighted by Gasteiger charge is -2.48. The molecule has 7 heteroatoms. The largest absolute Gasteiger partial charge is 0.465 e. The summed E-state index contributed by atoms with van der Waals surface area (Å²) < 4.78 is 10.7. The second-order valence-electron chi connectivity index (χ2n) is 9.82. The van der Waals surface area contributed by atoms with Crippen LogP contribution in [0.1, 0.15) is 83.8 Å². The van der Waals surface area contributed by atoms with E-state index in [0.717, 1.165) is 50.0 Å². The van der Waals surface area contributed by atoms with Gasteiger partial charge in [-0.2, -0.15) is 0 Å². The number of carbonyl (C=O) groups excluding carboxylic acids is 3. The van der Waals surface area contributed by atoms with Crippen LogP contribution in [0.5, 0.6) is 5.75 Å². The van der Waals surface area contributed by atoms with Crippen LogP contribution in [-0.2, 0) is 25.5 Å². The number of hydrogen-bond donors (Lipinski definition) is 1. The number of ether oxygens (including phenoxy) is 2. The summed E-state index contributed by atoms with van der Waals surface area (Å²) in [6.07, 6.45) is 4.57. The monoisotopic (exact) mass is 458 g/mol. The Hall–Kier alpha value is -2.57. The van der Waals surface area contributed by atoms with Gasteiger partial charge < -0.3 is 19.7 Å².